The fourth-order valence-corrected chi connectivity index (χ4v) is 1.14. The Hall–Kier alpha value is 0.170. The van der Waals surface area contributed by atoms with E-state index in [2.05, 4.69) is 18.6 Å². The summed E-state index contributed by atoms with van der Waals surface area (Å²) in [6.45, 7) is 8.11. The third-order valence-corrected chi connectivity index (χ3v) is 3.15. The van der Waals surface area contributed by atoms with E-state index < -0.39 is 5.66 Å². The van der Waals surface area contributed by atoms with Gasteiger partial charge in [-0.2, -0.15) is 0 Å². The van der Waals surface area contributed by atoms with Crippen molar-refractivity contribution in [2.45, 2.75) is 64.3 Å². The van der Waals surface area contributed by atoms with Gasteiger partial charge in [0.2, 0.25) is 0 Å². The van der Waals surface area contributed by atoms with Crippen LogP contribution in [0, 0.1) is 5.92 Å². The molecule has 1 saturated heterocycles. The van der Waals surface area contributed by atoms with E-state index in [0.29, 0.717) is 12.0 Å². The molecular weight excluding hydrogens is 212 g/mol. The maximum Gasteiger partial charge on any atom is 0.157 e. The predicted molar refractivity (Wildman–Crippen MR) is 65.7 cm³/mol. The van der Waals surface area contributed by atoms with Crippen LogP contribution < -0.4 is 11.5 Å². The molecule has 1 aliphatic heterocycles. The molecule has 4 N–H and O–H groups in total. The summed E-state index contributed by atoms with van der Waals surface area (Å²) in [6.07, 6.45) is 3.91. The number of hydrogen-bond donors (Lipinski definition) is 2. The topological polar surface area (TPSA) is 64.6 Å². The lowest BCUT2D eigenvalue weighted by atomic mass is 9.93. The monoisotopic (exact) mass is 236 g/mol. The number of epoxide rings is 1. The molecule has 15 heavy (non-hydrogen) atoms. The zero-order valence-electron chi connectivity index (χ0n) is 10.3. The van der Waals surface area contributed by atoms with Gasteiger partial charge < -0.3 is 16.2 Å². The number of rotatable bonds is 4. The van der Waals surface area contributed by atoms with Crippen molar-refractivity contribution in [2.24, 2.45) is 17.4 Å². The first-order chi connectivity index (χ1) is 6.79. The lowest BCUT2D eigenvalue weighted by Crippen LogP contribution is -2.51. The molecule has 0 aliphatic carbocycles. The van der Waals surface area contributed by atoms with Crippen LogP contribution in [0.1, 0.15) is 47.0 Å². The maximum absolute atomic E-state index is 5.70. The van der Waals surface area contributed by atoms with Gasteiger partial charge in [0.15, 0.2) is 5.56 Å². The van der Waals surface area contributed by atoms with E-state index in [1.54, 1.807) is 0 Å². The third kappa shape index (κ3) is 8.03. The van der Waals surface area contributed by atoms with E-state index in [9.17, 15) is 0 Å². The minimum absolute atomic E-state index is 0.0231. The molecule has 92 valence electrons. The van der Waals surface area contributed by atoms with Crippen molar-refractivity contribution in [1.82, 2.24) is 0 Å². The van der Waals surface area contributed by atoms with Gasteiger partial charge in [0, 0.05) is 0 Å². The van der Waals surface area contributed by atoms with Crippen molar-refractivity contribution in [2.75, 3.05) is 0 Å². The third-order valence-electron chi connectivity index (χ3n) is 2.69. The second kappa shape index (κ2) is 6.69. The van der Waals surface area contributed by atoms with E-state index in [-0.39, 0.29) is 5.56 Å². The SMILES string of the molecule is CC1OC1Cl.CCCCC(C)C(C)(N)N. The van der Waals surface area contributed by atoms with E-state index in [0.717, 1.165) is 6.42 Å². The second-order valence-corrected chi connectivity index (χ2v) is 5.03. The number of alkyl halides is 1. The normalized spacial score (nSPS) is 26.6. The van der Waals surface area contributed by atoms with Crippen LogP contribution in [0.25, 0.3) is 0 Å². The molecular formula is C11H25ClN2O. The first-order valence-corrected chi connectivity index (χ1v) is 6.10. The fraction of sp³-hybridized carbons (Fsp3) is 1.00. The Morgan fingerprint density at radius 2 is 1.87 bits per heavy atom. The summed E-state index contributed by atoms with van der Waals surface area (Å²) in [5.41, 5.74) is 10.9. The summed E-state index contributed by atoms with van der Waals surface area (Å²) in [6, 6.07) is 0. The molecule has 4 heteroatoms. The van der Waals surface area contributed by atoms with Crippen molar-refractivity contribution in [3.8, 4) is 0 Å². The van der Waals surface area contributed by atoms with E-state index in [4.69, 9.17) is 23.1 Å². The summed E-state index contributed by atoms with van der Waals surface area (Å²) in [7, 11) is 0. The minimum atomic E-state index is -0.491. The standard InChI is InChI=1S/C8H20N2.C3H5ClO/c1-4-5-6-7(2)8(3,9)10;1-2-3(4)5-2/h7H,4-6,9-10H2,1-3H3;2-3H,1H3. The van der Waals surface area contributed by atoms with Crippen molar-refractivity contribution in [1.29, 1.82) is 0 Å². The Bertz CT molecular complexity index is 164. The Balaban J connectivity index is 0.000000322. The van der Waals surface area contributed by atoms with E-state index in [1.807, 2.05) is 13.8 Å². The van der Waals surface area contributed by atoms with Crippen LogP contribution in [-0.4, -0.2) is 17.3 Å². The molecule has 0 saturated carbocycles. The van der Waals surface area contributed by atoms with E-state index >= 15 is 0 Å². The number of ether oxygens (including phenoxy) is 1. The molecule has 1 fully saturated rings. The Kier molecular flexibility index (Phi) is 6.76. The Morgan fingerprint density at radius 3 is 2.07 bits per heavy atom. The molecule has 1 rings (SSSR count). The Morgan fingerprint density at radius 1 is 1.47 bits per heavy atom. The van der Waals surface area contributed by atoms with Crippen molar-refractivity contribution < 1.29 is 4.74 Å². The first kappa shape index (κ1) is 15.2. The van der Waals surface area contributed by atoms with Gasteiger partial charge in [0.25, 0.3) is 0 Å². The maximum atomic E-state index is 5.70. The van der Waals surface area contributed by atoms with Crippen molar-refractivity contribution in [3.63, 3.8) is 0 Å². The summed E-state index contributed by atoms with van der Waals surface area (Å²) in [5, 5.41) is 0. The average Bonchev–Trinajstić information content (AvgIpc) is 2.75. The van der Waals surface area contributed by atoms with Gasteiger partial charge in [-0.05, 0) is 26.2 Å². The molecule has 0 amide bonds. The molecule has 0 bridgehead atoms. The minimum Gasteiger partial charge on any atom is -0.353 e. The van der Waals surface area contributed by atoms with Crippen LogP contribution in [0.4, 0.5) is 0 Å². The molecule has 0 radical (unpaired) electrons. The molecule has 3 nitrogen and oxygen atoms in total. The summed E-state index contributed by atoms with van der Waals surface area (Å²) < 4.78 is 4.68. The molecule has 3 unspecified atom stereocenters. The molecule has 1 aliphatic rings. The van der Waals surface area contributed by atoms with E-state index in [1.165, 1.54) is 12.8 Å². The van der Waals surface area contributed by atoms with Crippen LogP contribution in [0.15, 0.2) is 0 Å². The number of unbranched alkanes of at least 4 members (excludes halogenated alkanes) is 1. The van der Waals surface area contributed by atoms with Crippen LogP contribution in [0.3, 0.4) is 0 Å². The molecule has 0 aromatic carbocycles. The Labute approximate surface area is 98.5 Å². The highest BCUT2D eigenvalue weighted by Gasteiger charge is 2.30. The highest BCUT2D eigenvalue weighted by molar-refractivity contribution is 6.21. The summed E-state index contributed by atoms with van der Waals surface area (Å²) >= 11 is 5.31. The molecule has 0 aromatic rings. The zero-order valence-corrected chi connectivity index (χ0v) is 11.1. The fourth-order valence-electron chi connectivity index (χ4n) is 0.981. The van der Waals surface area contributed by atoms with Gasteiger partial charge in [-0.1, -0.05) is 38.3 Å². The zero-order chi connectivity index (χ0) is 12.1. The van der Waals surface area contributed by atoms with Crippen LogP contribution >= 0.6 is 11.6 Å². The quantitative estimate of drug-likeness (QED) is 0.448. The molecule has 1 heterocycles. The lowest BCUT2D eigenvalue weighted by molar-refractivity contribution is 0.303. The molecule has 0 aromatic heterocycles. The van der Waals surface area contributed by atoms with Gasteiger partial charge in [0.05, 0.1) is 11.8 Å². The van der Waals surface area contributed by atoms with Crippen molar-refractivity contribution >= 4 is 11.6 Å². The highest BCUT2D eigenvalue weighted by atomic mass is 35.5. The highest BCUT2D eigenvalue weighted by Crippen LogP contribution is 2.23. The van der Waals surface area contributed by atoms with Gasteiger partial charge >= 0.3 is 0 Å². The molecule has 3 atom stereocenters. The van der Waals surface area contributed by atoms with Crippen LogP contribution in [0.2, 0.25) is 0 Å². The largest absolute Gasteiger partial charge is 0.353 e. The van der Waals surface area contributed by atoms with Gasteiger partial charge in [-0.25, -0.2) is 0 Å². The lowest BCUT2D eigenvalue weighted by Gasteiger charge is -2.26. The van der Waals surface area contributed by atoms with Crippen LogP contribution in [0.5, 0.6) is 0 Å². The van der Waals surface area contributed by atoms with Crippen LogP contribution in [-0.2, 0) is 4.74 Å². The smallest absolute Gasteiger partial charge is 0.157 e. The summed E-state index contributed by atoms with van der Waals surface area (Å²) in [4.78, 5) is 0. The molecule has 0 spiro atoms. The van der Waals surface area contributed by atoms with Gasteiger partial charge in [-0.3, -0.25) is 0 Å². The van der Waals surface area contributed by atoms with Gasteiger partial charge in [-0.15, -0.1) is 0 Å². The average molecular weight is 237 g/mol. The second-order valence-electron chi connectivity index (χ2n) is 4.60. The number of hydrogen-bond acceptors (Lipinski definition) is 3. The van der Waals surface area contributed by atoms with Crippen molar-refractivity contribution in [3.05, 3.63) is 0 Å². The summed E-state index contributed by atoms with van der Waals surface area (Å²) in [5.74, 6) is 0.424. The number of halogens is 1. The number of nitrogens with two attached hydrogens (primary N) is 2. The van der Waals surface area contributed by atoms with Gasteiger partial charge in [0.1, 0.15) is 0 Å². The predicted octanol–water partition coefficient (Wildman–Crippen LogP) is 2.42. The first-order valence-electron chi connectivity index (χ1n) is 5.66.